The molecule has 154 valence electrons. The summed E-state index contributed by atoms with van der Waals surface area (Å²) in [7, 11) is 1.94. The van der Waals surface area contributed by atoms with E-state index in [1.54, 1.807) is 11.3 Å². The Labute approximate surface area is 178 Å². The number of nitrogens with one attached hydrogen (secondary N) is 1. The molecule has 0 bridgehead atoms. The van der Waals surface area contributed by atoms with Crippen LogP contribution in [0, 0.1) is 5.92 Å². The average molecular weight is 409 g/mol. The molecule has 29 heavy (non-hydrogen) atoms. The fraction of sp³-hybridized carbons (Fsp3) is 0.480. The summed E-state index contributed by atoms with van der Waals surface area (Å²) in [6, 6.07) is 14.7. The first-order valence-electron chi connectivity index (χ1n) is 11.1. The van der Waals surface area contributed by atoms with Crippen LogP contribution in [0.4, 0.5) is 5.69 Å². The highest BCUT2D eigenvalue weighted by Gasteiger charge is 2.13. The molecule has 1 N–H and O–H groups in total. The minimum atomic E-state index is 0.812. The predicted molar refractivity (Wildman–Crippen MR) is 125 cm³/mol. The van der Waals surface area contributed by atoms with Crippen LogP contribution in [0.3, 0.4) is 0 Å². The number of unbranched alkanes of at least 4 members (excludes halogenated alkanes) is 3. The maximum atomic E-state index is 6.01. The zero-order valence-corrected chi connectivity index (χ0v) is 18.3. The van der Waals surface area contributed by atoms with Gasteiger partial charge in [-0.25, -0.2) is 4.98 Å². The van der Waals surface area contributed by atoms with Gasteiger partial charge >= 0.3 is 0 Å². The first-order chi connectivity index (χ1) is 14.3. The second-order valence-corrected chi connectivity index (χ2v) is 9.21. The van der Waals surface area contributed by atoms with E-state index in [0.29, 0.717) is 0 Å². The number of hydrogen-bond acceptors (Lipinski definition) is 4. The summed E-state index contributed by atoms with van der Waals surface area (Å²) in [5, 5.41) is 4.21. The van der Waals surface area contributed by atoms with Gasteiger partial charge in [-0.15, -0.1) is 11.3 Å². The fourth-order valence-corrected chi connectivity index (χ4v) is 5.27. The molecule has 0 aliphatic heterocycles. The summed E-state index contributed by atoms with van der Waals surface area (Å²) in [5.41, 5.74) is 3.32. The molecule has 3 nitrogen and oxygen atoms in total. The van der Waals surface area contributed by atoms with Crippen LogP contribution in [0.15, 0.2) is 42.5 Å². The lowest BCUT2D eigenvalue weighted by atomic mass is 9.99. The van der Waals surface area contributed by atoms with Gasteiger partial charge in [-0.2, -0.15) is 0 Å². The van der Waals surface area contributed by atoms with E-state index < -0.39 is 0 Å². The average Bonchev–Trinajstić information content (AvgIpc) is 3.42. The Hall–Kier alpha value is -2.07. The lowest BCUT2D eigenvalue weighted by molar-refractivity contribution is 0.303. The zero-order chi connectivity index (χ0) is 19.9. The molecule has 0 spiro atoms. The van der Waals surface area contributed by atoms with Crippen LogP contribution in [0.1, 0.15) is 57.8 Å². The van der Waals surface area contributed by atoms with Crippen LogP contribution in [-0.2, 0) is 0 Å². The molecule has 2 aromatic carbocycles. The minimum absolute atomic E-state index is 0.812. The Morgan fingerprint density at radius 3 is 2.59 bits per heavy atom. The largest absolute Gasteiger partial charge is 0.494 e. The third-order valence-electron chi connectivity index (χ3n) is 6.03. The molecule has 1 heterocycles. The van der Waals surface area contributed by atoms with Gasteiger partial charge in [-0.1, -0.05) is 51.4 Å². The number of fused-ring (bicyclic) bond motifs is 1. The van der Waals surface area contributed by atoms with Gasteiger partial charge in [0.1, 0.15) is 10.8 Å². The number of ether oxygens (including phenoxy) is 1. The number of rotatable bonds is 10. The Kier molecular flexibility index (Phi) is 7.04. The third-order valence-corrected chi connectivity index (χ3v) is 7.10. The van der Waals surface area contributed by atoms with E-state index >= 15 is 0 Å². The van der Waals surface area contributed by atoms with Crippen molar-refractivity contribution in [1.29, 1.82) is 0 Å². The molecule has 4 rings (SSSR count). The quantitative estimate of drug-likeness (QED) is 0.352. The van der Waals surface area contributed by atoms with Crippen molar-refractivity contribution >= 4 is 27.2 Å². The number of aromatic nitrogens is 1. The summed E-state index contributed by atoms with van der Waals surface area (Å²) in [6.07, 6.45) is 12.5. The van der Waals surface area contributed by atoms with Crippen LogP contribution in [-0.4, -0.2) is 18.6 Å². The van der Waals surface area contributed by atoms with E-state index in [4.69, 9.17) is 9.72 Å². The third kappa shape index (κ3) is 5.51. The number of benzene rings is 2. The SMILES string of the molecule is CNc1ccc(-c2nc3ccc(OCCCCCCC4CCCC4)cc3s2)cc1. The van der Waals surface area contributed by atoms with Crippen molar-refractivity contribution in [3.8, 4) is 16.3 Å². The second kappa shape index (κ2) is 10.1. The van der Waals surface area contributed by atoms with Gasteiger partial charge in [0.05, 0.1) is 16.8 Å². The maximum absolute atomic E-state index is 6.01. The summed E-state index contributed by atoms with van der Waals surface area (Å²) in [6.45, 7) is 0.812. The summed E-state index contributed by atoms with van der Waals surface area (Å²) >= 11 is 1.73. The molecule has 1 aromatic heterocycles. The van der Waals surface area contributed by atoms with Crippen molar-refractivity contribution in [2.75, 3.05) is 19.0 Å². The molecule has 0 radical (unpaired) electrons. The van der Waals surface area contributed by atoms with Crippen LogP contribution < -0.4 is 10.1 Å². The van der Waals surface area contributed by atoms with Gasteiger partial charge in [-0.05, 0) is 54.8 Å². The fourth-order valence-electron chi connectivity index (χ4n) is 4.28. The molecule has 0 saturated heterocycles. The van der Waals surface area contributed by atoms with Crippen molar-refractivity contribution in [3.63, 3.8) is 0 Å². The van der Waals surface area contributed by atoms with Crippen molar-refractivity contribution in [1.82, 2.24) is 4.98 Å². The lowest BCUT2D eigenvalue weighted by Gasteiger charge is -2.08. The van der Waals surface area contributed by atoms with E-state index in [-0.39, 0.29) is 0 Å². The molecular weight excluding hydrogens is 376 g/mol. The Morgan fingerprint density at radius 2 is 1.79 bits per heavy atom. The van der Waals surface area contributed by atoms with Gasteiger partial charge in [0.2, 0.25) is 0 Å². The summed E-state index contributed by atoms with van der Waals surface area (Å²) in [5.74, 6) is 1.99. The number of thiazole rings is 1. The molecule has 0 unspecified atom stereocenters. The van der Waals surface area contributed by atoms with Gasteiger partial charge in [0.25, 0.3) is 0 Å². The second-order valence-electron chi connectivity index (χ2n) is 8.18. The number of hydrogen-bond donors (Lipinski definition) is 1. The van der Waals surface area contributed by atoms with E-state index in [1.165, 1.54) is 56.1 Å². The predicted octanol–water partition coefficient (Wildman–Crippen LogP) is 7.52. The smallest absolute Gasteiger partial charge is 0.124 e. The maximum Gasteiger partial charge on any atom is 0.124 e. The highest BCUT2D eigenvalue weighted by atomic mass is 32.1. The van der Waals surface area contributed by atoms with Crippen molar-refractivity contribution < 1.29 is 4.74 Å². The van der Waals surface area contributed by atoms with Crippen molar-refractivity contribution in [2.24, 2.45) is 5.92 Å². The molecule has 1 aliphatic carbocycles. The molecule has 0 amide bonds. The van der Waals surface area contributed by atoms with Crippen molar-refractivity contribution in [2.45, 2.75) is 57.8 Å². The van der Waals surface area contributed by atoms with Crippen molar-refractivity contribution in [3.05, 3.63) is 42.5 Å². The van der Waals surface area contributed by atoms with Gasteiger partial charge < -0.3 is 10.1 Å². The normalized spacial score (nSPS) is 14.5. The molecule has 3 aromatic rings. The monoisotopic (exact) mass is 408 g/mol. The van der Waals surface area contributed by atoms with Crippen LogP contribution >= 0.6 is 11.3 Å². The summed E-state index contributed by atoms with van der Waals surface area (Å²) < 4.78 is 7.20. The van der Waals surface area contributed by atoms with E-state index in [9.17, 15) is 0 Å². The van der Waals surface area contributed by atoms with E-state index in [1.807, 2.05) is 7.05 Å². The van der Waals surface area contributed by atoms with E-state index in [2.05, 4.69) is 47.8 Å². The Balaban J connectivity index is 1.24. The van der Waals surface area contributed by atoms with Crippen LogP contribution in [0.25, 0.3) is 20.8 Å². The van der Waals surface area contributed by atoms with Crippen LogP contribution in [0.5, 0.6) is 5.75 Å². The first kappa shape index (κ1) is 20.2. The minimum Gasteiger partial charge on any atom is -0.494 e. The van der Waals surface area contributed by atoms with E-state index in [0.717, 1.165) is 46.5 Å². The number of anilines is 1. The Morgan fingerprint density at radius 1 is 1.00 bits per heavy atom. The topological polar surface area (TPSA) is 34.2 Å². The highest BCUT2D eigenvalue weighted by molar-refractivity contribution is 7.21. The van der Waals surface area contributed by atoms with Gasteiger partial charge in [-0.3, -0.25) is 0 Å². The summed E-state index contributed by atoms with van der Waals surface area (Å²) in [4.78, 5) is 4.78. The van der Waals surface area contributed by atoms with Crippen LogP contribution in [0.2, 0.25) is 0 Å². The highest BCUT2D eigenvalue weighted by Crippen LogP contribution is 2.33. The molecule has 1 aliphatic rings. The van der Waals surface area contributed by atoms with Gasteiger partial charge in [0, 0.05) is 18.3 Å². The lowest BCUT2D eigenvalue weighted by Crippen LogP contribution is -1.98. The molecular formula is C25H32N2OS. The molecule has 0 atom stereocenters. The number of nitrogens with zero attached hydrogens (tertiary/aromatic N) is 1. The first-order valence-corrected chi connectivity index (χ1v) is 11.9. The standard InChI is InChI=1S/C25H32N2OS/c1-26-21-13-11-20(12-14-21)25-27-23-16-15-22(18-24(23)29-25)28-17-7-3-2-4-8-19-9-5-6-10-19/h11-16,18-19,26H,2-10,17H2,1H3. The molecule has 1 fully saturated rings. The zero-order valence-electron chi connectivity index (χ0n) is 17.5. The Bertz CT molecular complexity index is 897. The molecule has 1 saturated carbocycles. The molecule has 4 heteroatoms. The van der Waals surface area contributed by atoms with Gasteiger partial charge in [0.15, 0.2) is 0 Å².